The van der Waals surface area contributed by atoms with Gasteiger partial charge in [0.1, 0.15) is 0 Å². The smallest absolute Gasteiger partial charge is 0.0393 e. The molecule has 0 saturated heterocycles. The fourth-order valence-corrected chi connectivity index (χ4v) is 2.39. The van der Waals surface area contributed by atoms with Gasteiger partial charge in [-0.2, -0.15) is 0 Å². The van der Waals surface area contributed by atoms with Crippen LogP contribution in [0.25, 0.3) is 0 Å². The van der Waals surface area contributed by atoms with E-state index in [1.54, 1.807) is 0 Å². The highest BCUT2D eigenvalue weighted by molar-refractivity contribution is 5.63. The quantitative estimate of drug-likeness (QED) is 0.854. The Morgan fingerprint density at radius 2 is 2.24 bits per heavy atom. The molecule has 0 aliphatic carbocycles. The molecule has 1 aromatic carbocycles. The summed E-state index contributed by atoms with van der Waals surface area (Å²) in [4.78, 5) is 2.37. The number of hydrogen-bond acceptors (Lipinski definition) is 2. The van der Waals surface area contributed by atoms with E-state index < -0.39 is 0 Å². The molecule has 0 fully saturated rings. The van der Waals surface area contributed by atoms with E-state index in [0.717, 1.165) is 19.0 Å². The van der Waals surface area contributed by atoms with E-state index in [1.165, 1.54) is 36.2 Å². The Morgan fingerprint density at radius 3 is 3.00 bits per heavy atom. The average Bonchev–Trinajstić information content (AvgIpc) is 2.38. The summed E-state index contributed by atoms with van der Waals surface area (Å²) in [6, 6.07) is 6.84. The van der Waals surface area contributed by atoms with Crippen molar-refractivity contribution < 1.29 is 0 Å². The molecule has 1 aliphatic rings. The minimum absolute atomic E-state index is 0.754. The minimum Gasteiger partial charge on any atom is -0.385 e. The van der Waals surface area contributed by atoms with Crippen LogP contribution in [0.5, 0.6) is 0 Å². The maximum atomic E-state index is 3.50. The molecule has 2 rings (SSSR count). The van der Waals surface area contributed by atoms with E-state index >= 15 is 0 Å². The highest BCUT2D eigenvalue weighted by Crippen LogP contribution is 2.27. The van der Waals surface area contributed by atoms with E-state index in [-0.39, 0.29) is 0 Å². The van der Waals surface area contributed by atoms with Gasteiger partial charge in [-0.25, -0.2) is 0 Å². The van der Waals surface area contributed by atoms with Gasteiger partial charge in [0.25, 0.3) is 0 Å². The number of nitrogens with zero attached hydrogens (tertiary/aromatic N) is 1. The molecule has 0 bridgehead atoms. The van der Waals surface area contributed by atoms with Gasteiger partial charge in [-0.05, 0) is 36.5 Å². The number of fused-ring (bicyclic) bond motifs is 1. The molecule has 0 aromatic heterocycles. The lowest BCUT2D eigenvalue weighted by molar-refractivity contribution is 0.560. The van der Waals surface area contributed by atoms with Crippen LogP contribution < -0.4 is 10.2 Å². The first-order valence-corrected chi connectivity index (χ1v) is 6.78. The van der Waals surface area contributed by atoms with Gasteiger partial charge < -0.3 is 10.2 Å². The van der Waals surface area contributed by atoms with E-state index in [1.807, 2.05) is 0 Å². The second-order valence-electron chi connectivity index (χ2n) is 5.27. The number of anilines is 2. The molecule has 2 heteroatoms. The van der Waals surface area contributed by atoms with E-state index in [4.69, 9.17) is 0 Å². The van der Waals surface area contributed by atoms with Gasteiger partial charge in [-0.3, -0.25) is 0 Å². The predicted molar refractivity (Wildman–Crippen MR) is 76.0 cm³/mol. The molecular weight excluding hydrogens is 208 g/mol. The second kappa shape index (κ2) is 5.44. The summed E-state index contributed by atoms with van der Waals surface area (Å²) in [5, 5.41) is 3.50. The largest absolute Gasteiger partial charge is 0.385 e. The molecule has 0 spiro atoms. The number of rotatable bonds is 4. The standard InChI is InChI=1S/C15H24N2/c1-4-12(2)11-17(3)14-8-7-13-6-5-9-16-15(13)10-14/h7-8,10,12,16H,4-6,9,11H2,1-3H3. The lowest BCUT2D eigenvalue weighted by Gasteiger charge is -2.25. The van der Waals surface area contributed by atoms with E-state index in [9.17, 15) is 0 Å². The molecule has 0 saturated carbocycles. The highest BCUT2D eigenvalue weighted by atomic mass is 15.1. The Balaban J connectivity index is 2.10. The summed E-state index contributed by atoms with van der Waals surface area (Å²) < 4.78 is 0. The van der Waals surface area contributed by atoms with Gasteiger partial charge in [0, 0.05) is 31.5 Å². The minimum atomic E-state index is 0.754. The first kappa shape index (κ1) is 12.3. The summed E-state index contributed by atoms with van der Waals surface area (Å²) in [5.74, 6) is 0.754. The predicted octanol–water partition coefficient (Wildman–Crippen LogP) is 3.53. The van der Waals surface area contributed by atoms with Crippen molar-refractivity contribution in [3.05, 3.63) is 23.8 Å². The van der Waals surface area contributed by atoms with Crippen LogP contribution >= 0.6 is 0 Å². The summed E-state index contributed by atoms with van der Waals surface area (Å²) in [7, 11) is 2.19. The van der Waals surface area contributed by atoms with Gasteiger partial charge in [0.2, 0.25) is 0 Å². The Bertz CT molecular complexity index is 373. The Morgan fingerprint density at radius 1 is 1.41 bits per heavy atom. The van der Waals surface area contributed by atoms with Gasteiger partial charge in [-0.15, -0.1) is 0 Å². The van der Waals surface area contributed by atoms with Crippen molar-refractivity contribution in [2.24, 2.45) is 5.92 Å². The Labute approximate surface area is 105 Å². The van der Waals surface area contributed by atoms with Gasteiger partial charge in [0.05, 0.1) is 0 Å². The van der Waals surface area contributed by atoms with E-state index in [0.29, 0.717) is 0 Å². The lowest BCUT2D eigenvalue weighted by Crippen LogP contribution is -2.24. The topological polar surface area (TPSA) is 15.3 Å². The van der Waals surface area contributed by atoms with Crippen molar-refractivity contribution in [2.45, 2.75) is 33.1 Å². The van der Waals surface area contributed by atoms with Crippen molar-refractivity contribution >= 4 is 11.4 Å². The molecule has 0 radical (unpaired) electrons. The first-order chi connectivity index (χ1) is 8.20. The number of aryl methyl sites for hydroxylation is 1. The number of hydrogen-bond donors (Lipinski definition) is 1. The van der Waals surface area contributed by atoms with Crippen molar-refractivity contribution in [1.29, 1.82) is 0 Å². The van der Waals surface area contributed by atoms with E-state index in [2.05, 4.69) is 49.3 Å². The van der Waals surface area contributed by atoms with Crippen LogP contribution in [0.1, 0.15) is 32.3 Å². The summed E-state index contributed by atoms with van der Waals surface area (Å²) in [6.07, 6.45) is 3.72. The van der Waals surface area contributed by atoms with Crippen molar-refractivity contribution in [3.63, 3.8) is 0 Å². The fraction of sp³-hybridized carbons (Fsp3) is 0.600. The van der Waals surface area contributed by atoms with Crippen LogP contribution in [0, 0.1) is 5.92 Å². The molecule has 1 atom stereocenters. The number of benzene rings is 1. The molecule has 0 amide bonds. The molecule has 1 aliphatic heterocycles. The third kappa shape index (κ3) is 2.93. The van der Waals surface area contributed by atoms with Crippen LogP contribution in [0.4, 0.5) is 11.4 Å². The molecular formula is C15H24N2. The molecule has 17 heavy (non-hydrogen) atoms. The second-order valence-corrected chi connectivity index (χ2v) is 5.27. The number of nitrogens with one attached hydrogen (secondary N) is 1. The van der Waals surface area contributed by atoms with Crippen LogP contribution in [-0.2, 0) is 6.42 Å². The van der Waals surface area contributed by atoms with Crippen molar-refractivity contribution in [3.8, 4) is 0 Å². The third-order valence-electron chi connectivity index (χ3n) is 3.76. The normalized spacial score (nSPS) is 15.9. The average molecular weight is 232 g/mol. The third-order valence-corrected chi connectivity index (χ3v) is 3.76. The molecule has 2 nitrogen and oxygen atoms in total. The zero-order valence-electron chi connectivity index (χ0n) is 11.3. The zero-order valence-corrected chi connectivity index (χ0v) is 11.3. The molecule has 1 heterocycles. The van der Waals surface area contributed by atoms with Crippen LogP contribution in [0.2, 0.25) is 0 Å². The first-order valence-electron chi connectivity index (χ1n) is 6.78. The van der Waals surface area contributed by atoms with Crippen molar-refractivity contribution in [1.82, 2.24) is 0 Å². The lowest BCUT2D eigenvalue weighted by atomic mass is 10.0. The SMILES string of the molecule is CCC(C)CN(C)c1ccc2c(c1)NCCC2. The molecule has 1 N–H and O–H groups in total. The molecule has 1 unspecified atom stereocenters. The van der Waals surface area contributed by atoms with Gasteiger partial charge in [0.15, 0.2) is 0 Å². The molecule has 1 aromatic rings. The van der Waals surface area contributed by atoms with Crippen LogP contribution in [0.3, 0.4) is 0 Å². The zero-order chi connectivity index (χ0) is 12.3. The fourth-order valence-electron chi connectivity index (χ4n) is 2.39. The molecule has 94 valence electrons. The highest BCUT2D eigenvalue weighted by Gasteiger charge is 2.11. The van der Waals surface area contributed by atoms with Crippen LogP contribution in [0.15, 0.2) is 18.2 Å². The Hall–Kier alpha value is -1.18. The Kier molecular flexibility index (Phi) is 3.93. The monoisotopic (exact) mass is 232 g/mol. The summed E-state index contributed by atoms with van der Waals surface area (Å²) in [6.45, 7) is 6.82. The van der Waals surface area contributed by atoms with Gasteiger partial charge in [-0.1, -0.05) is 26.3 Å². The summed E-state index contributed by atoms with van der Waals surface area (Å²) >= 11 is 0. The van der Waals surface area contributed by atoms with Gasteiger partial charge >= 0.3 is 0 Å². The maximum Gasteiger partial charge on any atom is 0.0393 e. The van der Waals surface area contributed by atoms with Crippen LogP contribution in [-0.4, -0.2) is 20.1 Å². The maximum absolute atomic E-state index is 3.50. The summed E-state index contributed by atoms with van der Waals surface area (Å²) in [5.41, 5.74) is 4.14. The van der Waals surface area contributed by atoms with Crippen molar-refractivity contribution in [2.75, 3.05) is 30.4 Å².